The zero-order valence-corrected chi connectivity index (χ0v) is 11.5. The molecule has 0 bridgehead atoms. The van der Waals surface area contributed by atoms with Crippen molar-refractivity contribution in [2.24, 2.45) is 0 Å². The molecule has 0 saturated heterocycles. The van der Waals surface area contributed by atoms with Crippen LogP contribution in [0.15, 0.2) is 17.8 Å². The predicted molar refractivity (Wildman–Crippen MR) is 73.7 cm³/mol. The number of rotatable bonds is 4. The van der Waals surface area contributed by atoms with Crippen molar-refractivity contribution in [2.75, 3.05) is 26.0 Å². The van der Waals surface area contributed by atoms with Crippen LogP contribution in [0.2, 0.25) is 0 Å². The molecule has 0 atom stereocenters. The van der Waals surface area contributed by atoms with Crippen LogP contribution in [0.3, 0.4) is 0 Å². The van der Waals surface area contributed by atoms with Crippen LogP contribution in [0.25, 0.3) is 10.2 Å². The number of nitrogens with zero attached hydrogens (tertiary/aromatic N) is 3. The second-order valence-corrected chi connectivity index (χ2v) is 5.82. The maximum Gasteiger partial charge on any atom is 0.138 e. The van der Waals surface area contributed by atoms with Crippen molar-refractivity contribution < 1.29 is 0 Å². The van der Waals surface area contributed by atoms with Gasteiger partial charge < -0.3 is 10.2 Å². The van der Waals surface area contributed by atoms with Gasteiger partial charge in [-0.25, -0.2) is 9.97 Å². The molecule has 2 heterocycles. The van der Waals surface area contributed by atoms with Crippen LogP contribution in [0.5, 0.6) is 0 Å². The maximum absolute atomic E-state index is 4.31. The molecule has 2 aromatic rings. The lowest BCUT2D eigenvalue weighted by Gasteiger charge is -2.32. The van der Waals surface area contributed by atoms with Crippen LogP contribution >= 0.6 is 11.3 Å². The largest absolute Gasteiger partial charge is 0.368 e. The standard InChI is InChI=1S/C12H18N4S/c1-12(2,16(3)4)7-13-10-9-5-6-17-11(9)15-8-14-10/h5-6,8H,7H2,1-4H3,(H,13,14,15). The van der Waals surface area contributed by atoms with Gasteiger partial charge in [-0.1, -0.05) is 0 Å². The third-order valence-corrected chi connectivity index (χ3v) is 3.98. The second kappa shape index (κ2) is 4.58. The highest BCUT2D eigenvalue weighted by atomic mass is 32.1. The van der Waals surface area contributed by atoms with Crippen molar-refractivity contribution in [1.29, 1.82) is 0 Å². The molecule has 0 aliphatic rings. The number of thiophene rings is 1. The molecule has 0 saturated carbocycles. The minimum absolute atomic E-state index is 0.0906. The Morgan fingerprint density at radius 1 is 1.35 bits per heavy atom. The summed E-state index contributed by atoms with van der Waals surface area (Å²) < 4.78 is 0. The van der Waals surface area contributed by atoms with E-state index in [9.17, 15) is 0 Å². The molecule has 17 heavy (non-hydrogen) atoms. The first-order valence-electron chi connectivity index (χ1n) is 5.60. The third kappa shape index (κ3) is 2.56. The van der Waals surface area contributed by atoms with Gasteiger partial charge in [-0.15, -0.1) is 11.3 Å². The van der Waals surface area contributed by atoms with Crippen LogP contribution in [0, 0.1) is 0 Å². The fraction of sp³-hybridized carbons (Fsp3) is 0.500. The van der Waals surface area contributed by atoms with E-state index < -0.39 is 0 Å². The molecule has 0 amide bonds. The minimum atomic E-state index is 0.0906. The van der Waals surface area contributed by atoms with E-state index in [1.54, 1.807) is 17.7 Å². The van der Waals surface area contributed by atoms with Gasteiger partial charge in [0.15, 0.2) is 0 Å². The van der Waals surface area contributed by atoms with Gasteiger partial charge >= 0.3 is 0 Å². The van der Waals surface area contributed by atoms with Gasteiger partial charge in [-0.3, -0.25) is 0 Å². The number of anilines is 1. The van der Waals surface area contributed by atoms with Crippen LogP contribution in [0.4, 0.5) is 5.82 Å². The van der Waals surface area contributed by atoms with Gasteiger partial charge in [-0.05, 0) is 39.4 Å². The van der Waals surface area contributed by atoms with E-state index in [-0.39, 0.29) is 5.54 Å². The second-order valence-electron chi connectivity index (χ2n) is 4.92. The van der Waals surface area contributed by atoms with Crippen molar-refractivity contribution >= 4 is 27.4 Å². The Morgan fingerprint density at radius 2 is 2.12 bits per heavy atom. The van der Waals surface area contributed by atoms with Gasteiger partial charge in [0.05, 0.1) is 5.39 Å². The van der Waals surface area contributed by atoms with Gasteiger partial charge in [0, 0.05) is 12.1 Å². The summed E-state index contributed by atoms with van der Waals surface area (Å²) in [5.41, 5.74) is 0.0906. The lowest BCUT2D eigenvalue weighted by molar-refractivity contribution is 0.210. The molecule has 5 heteroatoms. The van der Waals surface area contributed by atoms with Crippen molar-refractivity contribution in [3.8, 4) is 0 Å². The Balaban J connectivity index is 2.17. The number of likely N-dealkylation sites (N-methyl/N-ethyl adjacent to an activating group) is 1. The highest BCUT2D eigenvalue weighted by Gasteiger charge is 2.20. The zero-order valence-electron chi connectivity index (χ0n) is 10.7. The average Bonchev–Trinajstić information content (AvgIpc) is 2.74. The SMILES string of the molecule is CN(C)C(C)(C)CNc1ncnc2sccc12. The molecule has 0 aromatic carbocycles. The number of nitrogens with one attached hydrogen (secondary N) is 1. The minimum Gasteiger partial charge on any atom is -0.368 e. The van der Waals surface area contributed by atoms with Gasteiger partial charge in [0.2, 0.25) is 0 Å². The summed E-state index contributed by atoms with van der Waals surface area (Å²) in [5.74, 6) is 0.922. The Bertz CT molecular complexity index is 504. The molecule has 4 nitrogen and oxygen atoms in total. The lowest BCUT2D eigenvalue weighted by Crippen LogP contribution is -2.44. The van der Waals surface area contributed by atoms with E-state index in [0.717, 1.165) is 22.6 Å². The summed E-state index contributed by atoms with van der Waals surface area (Å²) in [5, 5.41) is 6.56. The number of hydrogen-bond acceptors (Lipinski definition) is 5. The van der Waals surface area contributed by atoms with Gasteiger partial charge in [0.25, 0.3) is 0 Å². The first-order valence-corrected chi connectivity index (χ1v) is 6.48. The molecule has 0 fully saturated rings. The monoisotopic (exact) mass is 250 g/mol. The number of hydrogen-bond donors (Lipinski definition) is 1. The third-order valence-electron chi connectivity index (χ3n) is 3.16. The van der Waals surface area contributed by atoms with Crippen LogP contribution in [-0.2, 0) is 0 Å². The van der Waals surface area contributed by atoms with E-state index in [2.05, 4.69) is 54.2 Å². The first-order chi connectivity index (χ1) is 8.00. The summed E-state index contributed by atoms with van der Waals surface area (Å²) in [6, 6.07) is 2.06. The molecular formula is C12H18N4S. The highest BCUT2D eigenvalue weighted by molar-refractivity contribution is 7.16. The number of fused-ring (bicyclic) bond motifs is 1. The molecular weight excluding hydrogens is 232 g/mol. The van der Waals surface area contributed by atoms with Crippen molar-refractivity contribution in [3.05, 3.63) is 17.8 Å². The summed E-state index contributed by atoms with van der Waals surface area (Å²) >= 11 is 1.64. The Morgan fingerprint density at radius 3 is 2.82 bits per heavy atom. The van der Waals surface area contributed by atoms with Crippen molar-refractivity contribution in [1.82, 2.24) is 14.9 Å². The van der Waals surface area contributed by atoms with E-state index in [1.807, 2.05) is 5.38 Å². The fourth-order valence-electron chi connectivity index (χ4n) is 1.39. The quantitative estimate of drug-likeness (QED) is 0.905. The lowest BCUT2D eigenvalue weighted by atomic mass is 10.0. The summed E-state index contributed by atoms with van der Waals surface area (Å²) in [6.45, 7) is 5.25. The van der Waals surface area contributed by atoms with E-state index >= 15 is 0 Å². The Kier molecular flexibility index (Phi) is 3.31. The molecule has 2 aromatic heterocycles. The van der Waals surface area contributed by atoms with Crippen LogP contribution in [0.1, 0.15) is 13.8 Å². The highest BCUT2D eigenvalue weighted by Crippen LogP contribution is 2.24. The van der Waals surface area contributed by atoms with E-state index in [0.29, 0.717) is 0 Å². The van der Waals surface area contributed by atoms with E-state index in [1.165, 1.54) is 0 Å². The molecule has 0 unspecified atom stereocenters. The van der Waals surface area contributed by atoms with Crippen molar-refractivity contribution in [3.63, 3.8) is 0 Å². The Hall–Kier alpha value is -1.20. The zero-order chi connectivity index (χ0) is 12.5. The first kappa shape index (κ1) is 12.3. The normalized spacial score (nSPS) is 12.3. The molecule has 0 aliphatic heterocycles. The molecule has 0 spiro atoms. The van der Waals surface area contributed by atoms with Crippen LogP contribution in [-0.4, -0.2) is 41.0 Å². The molecule has 1 N–H and O–H groups in total. The summed E-state index contributed by atoms with van der Waals surface area (Å²) in [4.78, 5) is 11.8. The molecule has 2 rings (SSSR count). The molecule has 92 valence electrons. The topological polar surface area (TPSA) is 41.0 Å². The number of aromatic nitrogens is 2. The van der Waals surface area contributed by atoms with E-state index in [4.69, 9.17) is 0 Å². The van der Waals surface area contributed by atoms with Crippen LogP contribution < -0.4 is 5.32 Å². The average molecular weight is 250 g/mol. The Labute approximate surface area is 106 Å². The predicted octanol–water partition coefficient (Wildman–Crippen LogP) is 2.44. The van der Waals surface area contributed by atoms with Gasteiger partial charge in [0.1, 0.15) is 17.0 Å². The molecule has 0 radical (unpaired) electrons. The smallest absolute Gasteiger partial charge is 0.138 e. The van der Waals surface area contributed by atoms with Crippen molar-refractivity contribution in [2.45, 2.75) is 19.4 Å². The maximum atomic E-state index is 4.31. The molecule has 0 aliphatic carbocycles. The summed E-state index contributed by atoms with van der Waals surface area (Å²) in [7, 11) is 4.17. The summed E-state index contributed by atoms with van der Waals surface area (Å²) in [6.07, 6.45) is 1.61. The fourth-order valence-corrected chi connectivity index (χ4v) is 2.12. The van der Waals surface area contributed by atoms with Gasteiger partial charge in [-0.2, -0.15) is 0 Å².